The van der Waals surface area contributed by atoms with E-state index in [-0.39, 0.29) is 30.3 Å². The smallest absolute Gasteiger partial charge is 0.227 e. The number of hydrogen-bond donors (Lipinski definition) is 2. The first-order valence-electron chi connectivity index (χ1n) is 9.20. The van der Waals surface area contributed by atoms with Crippen molar-refractivity contribution < 1.29 is 4.79 Å². The molecule has 2 aromatic carbocycles. The number of aromatic nitrogens is 2. The Labute approximate surface area is 165 Å². The molecule has 4 rings (SSSR count). The van der Waals surface area contributed by atoms with E-state index in [4.69, 9.17) is 10.7 Å². The molecule has 0 saturated heterocycles. The van der Waals surface area contributed by atoms with Crippen molar-refractivity contribution in [3.8, 4) is 11.4 Å². The van der Waals surface area contributed by atoms with Crippen LogP contribution in [0.3, 0.4) is 0 Å². The van der Waals surface area contributed by atoms with Crippen LogP contribution in [-0.2, 0) is 11.8 Å². The molecule has 1 saturated carbocycles. The van der Waals surface area contributed by atoms with E-state index in [1.807, 2.05) is 49.5 Å². The number of aryl methyl sites for hydroxylation is 1. The lowest BCUT2D eigenvalue weighted by Gasteiger charge is -2.25. The van der Waals surface area contributed by atoms with Crippen LogP contribution in [-0.4, -0.2) is 21.5 Å². The quantitative estimate of drug-likeness (QED) is 0.713. The molecule has 1 fully saturated rings. The Morgan fingerprint density at radius 2 is 1.89 bits per heavy atom. The SMILES string of the molecule is Cl.Cn1c(-c2ccc(NC(=O)C3CCCC(N)C3)cc2)nc2ccccc21. The molecule has 0 bridgehead atoms. The maximum absolute atomic E-state index is 12.5. The largest absolute Gasteiger partial charge is 0.328 e. The fraction of sp³-hybridized carbons (Fsp3) is 0.333. The lowest BCUT2D eigenvalue weighted by atomic mass is 9.85. The topological polar surface area (TPSA) is 72.9 Å². The molecule has 2 unspecified atom stereocenters. The normalized spacial score (nSPS) is 19.5. The number of nitrogens with two attached hydrogens (primary N) is 1. The van der Waals surface area contributed by atoms with Gasteiger partial charge >= 0.3 is 0 Å². The highest BCUT2D eigenvalue weighted by Gasteiger charge is 2.25. The average Bonchev–Trinajstić information content (AvgIpc) is 2.99. The monoisotopic (exact) mass is 384 g/mol. The fourth-order valence-corrected chi connectivity index (χ4v) is 3.82. The molecule has 0 spiro atoms. The Morgan fingerprint density at radius 3 is 2.59 bits per heavy atom. The number of rotatable bonds is 3. The van der Waals surface area contributed by atoms with Crippen LogP contribution in [0.4, 0.5) is 5.69 Å². The zero-order valence-corrected chi connectivity index (χ0v) is 16.2. The summed E-state index contributed by atoms with van der Waals surface area (Å²) in [7, 11) is 2.02. The standard InChI is InChI=1S/C21H24N4O.ClH/c1-25-19-8-3-2-7-18(19)24-20(25)14-9-11-17(12-10-14)23-21(26)15-5-4-6-16(22)13-15;/h2-3,7-12,15-16H,4-6,13,22H2,1H3,(H,23,26);1H. The number of imidazole rings is 1. The lowest BCUT2D eigenvalue weighted by molar-refractivity contribution is -0.120. The maximum Gasteiger partial charge on any atom is 0.227 e. The molecule has 5 nitrogen and oxygen atoms in total. The molecular weight excluding hydrogens is 360 g/mol. The Kier molecular flexibility index (Phi) is 5.82. The zero-order chi connectivity index (χ0) is 18.1. The molecular formula is C21H25ClN4O. The molecule has 2 atom stereocenters. The zero-order valence-electron chi connectivity index (χ0n) is 15.4. The van der Waals surface area contributed by atoms with Crippen LogP contribution in [0, 0.1) is 5.92 Å². The van der Waals surface area contributed by atoms with Crippen molar-refractivity contribution in [3.63, 3.8) is 0 Å². The summed E-state index contributed by atoms with van der Waals surface area (Å²) < 4.78 is 2.09. The molecule has 1 aliphatic carbocycles. The predicted molar refractivity (Wildman–Crippen MR) is 112 cm³/mol. The third-order valence-electron chi connectivity index (χ3n) is 5.28. The Balaban J connectivity index is 0.00000210. The fourth-order valence-electron chi connectivity index (χ4n) is 3.82. The third-order valence-corrected chi connectivity index (χ3v) is 5.28. The number of carbonyl (C=O) groups excluding carboxylic acids is 1. The van der Waals surface area contributed by atoms with Gasteiger partial charge in [0.05, 0.1) is 11.0 Å². The number of carbonyl (C=O) groups is 1. The van der Waals surface area contributed by atoms with E-state index in [0.29, 0.717) is 0 Å². The molecule has 3 N–H and O–H groups in total. The van der Waals surface area contributed by atoms with Crippen molar-refractivity contribution in [1.82, 2.24) is 9.55 Å². The highest BCUT2D eigenvalue weighted by atomic mass is 35.5. The number of halogens is 1. The van der Waals surface area contributed by atoms with Gasteiger partial charge < -0.3 is 15.6 Å². The molecule has 0 radical (unpaired) electrons. The minimum atomic E-state index is 0. The second-order valence-electron chi connectivity index (χ2n) is 7.17. The van der Waals surface area contributed by atoms with E-state index in [2.05, 4.69) is 16.0 Å². The van der Waals surface area contributed by atoms with E-state index in [1.54, 1.807) is 0 Å². The van der Waals surface area contributed by atoms with Crippen LogP contribution in [0.1, 0.15) is 25.7 Å². The number of hydrogen-bond acceptors (Lipinski definition) is 3. The molecule has 1 aromatic heterocycles. The van der Waals surface area contributed by atoms with E-state index >= 15 is 0 Å². The number of nitrogens with one attached hydrogen (secondary N) is 1. The summed E-state index contributed by atoms with van der Waals surface area (Å²) in [4.78, 5) is 17.2. The van der Waals surface area contributed by atoms with Gasteiger partial charge in [0, 0.05) is 30.3 Å². The number of para-hydroxylation sites is 2. The minimum Gasteiger partial charge on any atom is -0.328 e. The van der Waals surface area contributed by atoms with Gasteiger partial charge in [-0.25, -0.2) is 4.98 Å². The van der Waals surface area contributed by atoms with Gasteiger partial charge in [-0.3, -0.25) is 4.79 Å². The van der Waals surface area contributed by atoms with Gasteiger partial charge in [-0.2, -0.15) is 0 Å². The summed E-state index contributed by atoms with van der Waals surface area (Å²) in [6, 6.07) is 16.1. The molecule has 142 valence electrons. The van der Waals surface area contributed by atoms with Crippen LogP contribution >= 0.6 is 12.4 Å². The van der Waals surface area contributed by atoms with E-state index in [0.717, 1.165) is 53.8 Å². The Hall–Kier alpha value is -2.37. The molecule has 0 aliphatic heterocycles. The Bertz CT molecular complexity index is 935. The van der Waals surface area contributed by atoms with Crippen molar-refractivity contribution in [3.05, 3.63) is 48.5 Å². The van der Waals surface area contributed by atoms with Crippen molar-refractivity contribution >= 4 is 35.0 Å². The van der Waals surface area contributed by atoms with Crippen molar-refractivity contribution in [1.29, 1.82) is 0 Å². The van der Waals surface area contributed by atoms with E-state index in [1.165, 1.54) is 0 Å². The lowest BCUT2D eigenvalue weighted by Crippen LogP contribution is -2.34. The van der Waals surface area contributed by atoms with E-state index in [9.17, 15) is 4.79 Å². The molecule has 1 aliphatic rings. The van der Waals surface area contributed by atoms with Gasteiger partial charge in [0.1, 0.15) is 5.82 Å². The summed E-state index contributed by atoms with van der Waals surface area (Å²) in [5.74, 6) is 1.02. The second-order valence-corrected chi connectivity index (χ2v) is 7.17. The van der Waals surface area contributed by atoms with Crippen LogP contribution in [0.25, 0.3) is 22.4 Å². The number of benzene rings is 2. The summed E-state index contributed by atoms with van der Waals surface area (Å²) in [6.07, 6.45) is 3.77. The maximum atomic E-state index is 12.5. The highest BCUT2D eigenvalue weighted by Crippen LogP contribution is 2.27. The van der Waals surface area contributed by atoms with Crippen LogP contribution in [0.15, 0.2) is 48.5 Å². The van der Waals surface area contributed by atoms with Gasteiger partial charge in [-0.15, -0.1) is 12.4 Å². The number of amides is 1. The summed E-state index contributed by atoms with van der Waals surface area (Å²) in [5, 5.41) is 3.03. The molecule has 1 heterocycles. The number of nitrogens with zero attached hydrogens (tertiary/aromatic N) is 2. The van der Waals surface area contributed by atoms with Gasteiger partial charge in [-0.05, 0) is 55.7 Å². The van der Waals surface area contributed by atoms with Crippen molar-refractivity contribution in [2.24, 2.45) is 18.7 Å². The second kappa shape index (κ2) is 8.11. The number of anilines is 1. The van der Waals surface area contributed by atoms with Gasteiger partial charge in [0.2, 0.25) is 5.91 Å². The minimum absolute atomic E-state index is 0. The number of fused-ring (bicyclic) bond motifs is 1. The van der Waals surface area contributed by atoms with Crippen LogP contribution < -0.4 is 11.1 Å². The van der Waals surface area contributed by atoms with E-state index < -0.39 is 0 Å². The van der Waals surface area contributed by atoms with Crippen LogP contribution in [0.5, 0.6) is 0 Å². The predicted octanol–water partition coefficient (Wildman–Crippen LogP) is 4.12. The Morgan fingerprint density at radius 1 is 1.15 bits per heavy atom. The molecule has 1 amide bonds. The van der Waals surface area contributed by atoms with Gasteiger partial charge in [-0.1, -0.05) is 18.6 Å². The molecule has 6 heteroatoms. The van der Waals surface area contributed by atoms with Gasteiger partial charge in [0.15, 0.2) is 0 Å². The third kappa shape index (κ3) is 3.99. The molecule has 27 heavy (non-hydrogen) atoms. The van der Waals surface area contributed by atoms with Gasteiger partial charge in [0.25, 0.3) is 0 Å². The van der Waals surface area contributed by atoms with Crippen molar-refractivity contribution in [2.75, 3.05) is 5.32 Å². The first-order valence-corrected chi connectivity index (χ1v) is 9.20. The van der Waals surface area contributed by atoms with Crippen molar-refractivity contribution in [2.45, 2.75) is 31.7 Å². The first kappa shape index (κ1) is 19.4. The molecule has 3 aromatic rings. The summed E-state index contributed by atoms with van der Waals surface area (Å²) in [5.41, 5.74) is 9.93. The average molecular weight is 385 g/mol. The van der Waals surface area contributed by atoms with Crippen LogP contribution in [0.2, 0.25) is 0 Å². The highest BCUT2D eigenvalue weighted by molar-refractivity contribution is 5.93. The summed E-state index contributed by atoms with van der Waals surface area (Å²) in [6.45, 7) is 0. The summed E-state index contributed by atoms with van der Waals surface area (Å²) >= 11 is 0. The first-order chi connectivity index (χ1) is 12.6.